The molecule has 1 aliphatic carbocycles. The Kier molecular flexibility index (Phi) is 16.2. The van der Waals surface area contributed by atoms with Gasteiger partial charge in [0.05, 0.1) is 18.2 Å². The van der Waals surface area contributed by atoms with Crippen LogP contribution in [-0.2, 0) is 55.1 Å². The van der Waals surface area contributed by atoms with Crippen LogP contribution in [0.2, 0.25) is 0 Å². The van der Waals surface area contributed by atoms with E-state index in [2.05, 4.69) is 10.1 Å². The summed E-state index contributed by atoms with van der Waals surface area (Å²) in [5.74, 6) is -5.28. The fourth-order valence-corrected chi connectivity index (χ4v) is 7.72. The fraction of sp³-hybridized carbons (Fsp3) is 0.353. The third kappa shape index (κ3) is 13.5. The second kappa shape index (κ2) is 21.8. The van der Waals surface area contributed by atoms with Crippen LogP contribution in [0.4, 0.5) is 13.2 Å². The summed E-state index contributed by atoms with van der Waals surface area (Å²) in [6.07, 6.45) is -4.33. The van der Waals surface area contributed by atoms with Gasteiger partial charge in [0.25, 0.3) is 0 Å². The summed E-state index contributed by atoms with van der Waals surface area (Å²) in [7, 11) is 1.47. The summed E-state index contributed by atoms with van der Waals surface area (Å²) in [4.78, 5) is 68.8. The van der Waals surface area contributed by atoms with Gasteiger partial charge < -0.3 is 39.0 Å². The average molecular weight is 927 g/mol. The molecule has 13 nitrogen and oxygen atoms in total. The lowest BCUT2D eigenvalue weighted by Gasteiger charge is -2.34. The molecule has 354 valence electrons. The predicted octanol–water partition coefficient (Wildman–Crippen LogP) is 7.01. The van der Waals surface area contributed by atoms with Gasteiger partial charge in [-0.3, -0.25) is 14.4 Å². The molecule has 5 atom stereocenters. The van der Waals surface area contributed by atoms with Crippen molar-refractivity contribution in [2.75, 3.05) is 20.3 Å². The molecule has 0 saturated carbocycles. The van der Waals surface area contributed by atoms with Gasteiger partial charge in [-0.15, -0.1) is 0 Å². The summed E-state index contributed by atoms with van der Waals surface area (Å²) in [6.45, 7) is 2.96. The Labute approximate surface area is 386 Å². The number of aliphatic hydroxyl groups excluding tert-OH is 1. The second-order valence-electron chi connectivity index (χ2n) is 17.2. The standard InChI is InChI=1S/C51H53F3N2O11/c1-49(2,3)66-44(59)26-24-39(31-57)55-46(60)40(28-33-15-8-5-9-16-33)56(4)47(61)36-29-41(64-48(62)35-18-14-17-34(27-35)23-25-43(58)63-32-50(52,53)54)45-42(30-36)65-51(67-45,37-19-10-6-11-20-37)38-21-12-7-13-22-38/h5-23,25,27,30,39-42,45,57H,24,26,28-29,31-32H2,1-4H3,(H,55,60). The quantitative estimate of drug-likeness (QED) is 0.0635. The van der Waals surface area contributed by atoms with E-state index in [1.54, 1.807) is 39.0 Å². The Morgan fingerprint density at radius 2 is 1.51 bits per heavy atom. The first kappa shape index (κ1) is 49.8. The number of nitrogens with one attached hydrogen (secondary N) is 1. The van der Waals surface area contributed by atoms with Crippen LogP contribution in [-0.4, -0.2) is 102 Å². The molecular formula is C51H53F3N2O11. The molecule has 2 N–H and O–H groups in total. The van der Waals surface area contributed by atoms with Crippen molar-refractivity contribution in [1.82, 2.24) is 10.2 Å². The van der Waals surface area contributed by atoms with E-state index in [1.807, 2.05) is 78.9 Å². The van der Waals surface area contributed by atoms with Gasteiger partial charge in [0.15, 0.2) is 6.61 Å². The molecule has 1 aliphatic heterocycles. The fourth-order valence-electron chi connectivity index (χ4n) is 7.72. The van der Waals surface area contributed by atoms with Gasteiger partial charge in [-0.1, -0.05) is 103 Å². The molecule has 0 aromatic heterocycles. The number of carbonyl (C=O) groups excluding carboxylic acids is 5. The number of aliphatic hydroxyl groups is 1. The Bertz CT molecular complexity index is 2380. The van der Waals surface area contributed by atoms with Crippen LogP contribution >= 0.6 is 0 Å². The summed E-state index contributed by atoms with van der Waals surface area (Å²) in [5.41, 5.74) is 1.70. The van der Waals surface area contributed by atoms with Gasteiger partial charge in [0.2, 0.25) is 17.6 Å². The first-order valence-corrected chi connectivity index (χ1v) is 21.7. The monoisotopic (exact) mass is 926 g/mol. The highest BCUT2D eigenvalue weighted by Crippen LogP contribution is 2.47. The lowest BCUT2D eigenvalue weighted by atomic mass is 9.90. The van der Waals surface area contributed by atoms with Crippen LogP contribution in [0.25, 0.3) is 6.08 Å². The molecule has 0 spiro atoms. The van der Waals surface area contributed by atoms with E-state index in [1.165, 1.54) is 42.3 Å². The third-order valence-electron chi connectivity index (χ3n) is 10.9. The second-order valence-corrected chi connectivity index (χ2v) is 17.2. The number of hydrogen-bond acceptors (Lipinski definition) is 11. The van der Waals surface area contributed by atoms with Gasteiger partial charge in [-0.2, -0.15) is 13.2 Å². The molecule has 6 rings (SSSR count). The van der Waals surface area contributed by atoms with Gasteiger partial charge in [-0.05, 0) is 62.6 Å². The molecule has 16 heteroatoms. The highest BCUT2D eigenvalue weighted by Gasteiger charge is 2.55. The van der Waals surface area contributed by atoms with Crippen molar-refractivity contribution >= 4 is 35.8 Å². The number of alkyl halides is 3. The number of hydrogen-bond donors (Lipinski definition) is 2. The maximum Gasteiger partial charge on any atom is 0.422 e. The van der Waals surface area contributed by atoms with Gasteiger partial charge >= 0.3 is 24.1 Å². The molecule has 1 saturated heterocycles. The highest BCUT2D eigenvalue weighted by molar-refractivity contribution is 5.97. The summed E-state index contributed by atoms with van der Waals surface area (Å²) < 4.78 is 67.2. The van der Waals surface area contributed by atoms with Crippen LogP contribution in [0.5, 0.6) is 0 Å². The maximum atomic E-state index is 14.8. The van der Waals surface area contributed by atoms with Gasteiger partial charge in [-0.25, -0.2) is 9.59 Å². The van der Waals surface area contributed by atoms with Crippen LogP contribution < -0.4 is 5.32 Å². The molecule has 0 bridgehead atoms. The number of nitrogens with zero attached hydrogens (tertiary/aromatic N) is 1. The number of esters is 3. The van der Waals surface area contributed by atoms with Crippen molar-refractivity contribution < 1.29 is 65.9 Å². The van der Waals surface area contributed by atoms with Crippen molar-refractivity contribution in [3.63, 3.8) is 0 Å². The molecule has 67 heavy (non-hydrogen) atoms. The minimum Gasteiger partial charge on any atom is -0.460 e. The molecule has 0 radical (unpaired) electrons. The molecule has 2 aliphatic rings. The Morgan fingerprint density at radius 3 is 2.10 bits per heavy atom. The van der Waals surface area contributed by atoms with Gasteiger partial charge in [0, 0.05) is 49.1 Å². The number of ether oxygens (including phenoxy) is 5. The summed E-state index contributed by atoms with van der Waals surface area (Å²) in [5, 5.41) is 13.1. The zero-order valence-corrected chi connectivity index (χ0v) is 37.4. The molecule has 1 fully saturated rings. The average Bonchev–Trinajstić information content (AvgIpc) is 3.72. The smallest absolute Gasteiger partial charge is 0.422 e. The van der Waals surface area contributed by atoms with Crippen LogP contribution in [0, 0.1) is 0 Å². The lowest BCUT2D eigenvalue weighted by Crippen LogP contribution is -2.53. The first-order chi connectivity index (χ1) is 31.8. The normalized spacial score (nSPS) is 18.7. The number of carbonyl (C=O) groups is 5. The molecule has 5 unspecified atom stereocenters. The lowest BCUT2D eigenvalue weighted by molar-refractivity contribution is -0.182. The van der Waals surface area contributed by atoms with E-state index in [9.17, 15) is 42.3 Å². The minimum atomic E-state index is -4.70. The van der Waals surface area contributed by atoms with Crippen molar-refractivity contribution in [3.8, 4) is 0 Å². The molecule has 2 amide bonds. The molecule has 4 aromatic carbocycles. The van der Waals surface area contributed by atoms with Crippen molar-refractivity contribution in [2.24, 2.45) is 0 Å². The zero-order valence-electron chi connectivity index (χ0n) is 37.4. The van der Waals surface area contributed by atoms with E-state index < -0.39 is 90.9 Å². The summed E-state index contributed by atoms with van der Waals surface area (Å²) in [6, 6.07) is 31.2. The number of likely N-dealkylation sites (N-methyl/N-ethyl adjacent to an activating group) is 1. The Balaban J connectivity index is 1.30. The van der Waals surface area contributed by atoms with E-state index in [-0.39, 0.29) is 42.4 Å². The SMILES string of the molecule is CN(C(=O)C1=CC2OC(c3ccccc3)(c3ccccc3)OC2C(OC(=O)c2cccc(C=CC(=O)OCC(F)(F)F)c2)C1)C(Cc1ccccc1)C(=O)NC(CO)CCC(=O)OC(C)(C)C. The molecule has 1 heterocycles. The third-order valence-corrected chi connectivity index (χ3v) is 10.9. The van der Waals surface area contributed by atoms with Crippen LogP contribution in [0.1, 0.15) is 72.6 Å². The molecular weight excluding hydrogens is 874 g/mol. The number of rotatable bonds is 17. The number of fused-ring (bicyclic) bond motifs is 1. The number of amides is 2. The Hall–Kier alpha value is -6.62. The van der Waals surface area contributed by atoms with Crippen molar-refractivity contribution in [3.05, 3.63) is 161 Å². The predicted molar refractivity (Wildman–Crippen MR) is 239 cm³/mol. The first-order valence-electron chi connectivity index (χ1n) is 21.7. The van der Waals surface area contributed by atoms with Gasteiger partial charge in [0.1, 0.15) is 30.0 Å². The number of halogens is 3. The topological polar surface area (TPSA) is 167 Å². The van der Waals surface area contributed by atoms with Crippen molar-refractivity contribution in [1.29, 1.82) is 0 Å². The maximum absolute atomic E-state index is 14.8. The van der Waals surface area contributed by atoms with Crippen molar-refractivity contribution in [2.45, 2.75) is 94.4 Å². The number of benzene rings is 4. The zero-order chi connectivity index (χ0) is 48.4. The largest absolute Gasteiger partial charge is 0.460 e. The van der Waals surface area contributed by atoms with E-state index in [4.69, 9.17) is 18.9 Å². The minimum absolute atomic E-state index is 0.0166. The van der Waals surface area contributed by atoms with Crippen LogP contribution in [0.15, 0.2) is 133 Å². The van der Waals surface area contributed by atoms with E-state index >= 15 is 0 Å². The van der Waals surface area contributed by atoms with E-state index in [0.29, 0.717) is 11.1 Å². The molecule has 4 aromatic rings. The highest BCUT2D eigenvalue weighted by atomic mass is 19.4. The van der Waals surface area contributed by atoms with E-state index in [0.717, 1.165) is 11.6 Å². The van der Waals surface area contributed by atoms with Crippen LogP contribution in [0.3, 0.4) is 0 Å². The Morgan fingerprint density at radius 1 is 0.881 bits per heavy atom. The summed E-state index contributed by atoms with van der Waals surface area (Å²) >= 11 is 0.